The summed E-state index contributed by atoms with van der Waals surface area (Å²) in [5.74, 6) is -0.428. The molecule has 154 valence electrons. The smallest absolute Gasteiger partial charge is 0.133 e. The van der Waals surface area contributed by atoms with Crippen LogP contribution in [0.15, 0.2) is 73.2 Å². The molecule has 0 atom stereocenters. The highest BCUT2D eigenvalue weighted by atomic mass is 35.5. The van der Waals surface area contributed by atoms with Crippen LogP contribution in [0, 0.1) is 11.6 Å². The maximum Gasteiger partial charge on any atom is 0.133 e. The fraction of sp³-hybridized carbons (Fsp3) is 0.130. The minimum absolute atomic E-state index is 0. The molecule has 0 saturated heterocycles. The zero-order valence-corrected chi connectivity index (χ0v) is 16.8. The second-order valence-corrected chi connectivity index (χ2v) is 6.59. The molecule has 4 nitrogen and oxygen atoms in total. The van der Waals surface area contributed by atoms with E-state index in [-0.39, 0.29) is 12.4 Å². The van der Waals surface area contributed by atoms with Crippen LogP contribution < -0.4 is 10.1 Å². The molecule has 2 aromatic heterocycles. The van der Waals surface area contributed by atoms with E-state index in [0.717, 1.165) is 28.3 Å². The number of halogens is 3. The summed E-state index contributed by atoms with van der Waals surface area (Å²) in [6, 6.07) is 15.1. The quantitative estimate of drug-likeness (QED) is 0.413. The maximum absolute atomic E-state index is 14.0. The Labute approximate surface area is 179 Å². The fourth-order valence-electron chi connectivity index (χ4n) is 3.06. The topological polar surface area (TPSA) is 47.0 Å². The van der Waals surface area contributed by atoms with Crippen molar-refractivity contribution in [3.63, 3.8) is 0 Å². The van der Waals surface area contributed by atoms with Crippen LogP contribution in [-0.4, -0.2) is 23.1 Å². The van der Waals surface area contributed by atoms with E-state index < -0.39 is 11.6 Å². The van der Waals surface area contributed by atoms with Gasteiger partial charge < -0.3 is 10.1 Å². The normalized spacial score (nSPS) is 10.6. The Kier molecular flexibility index (Phi) is 7.27. The van der Waals surface area contributed by atoms with Gasteiger partial charge in [0.05, 0.1) is 5.52 Å². The Morgan fingerprint density at radius 3 is 2.73 bits per heavy atom. The summed E-state index contributed by atoms with van der Waals surface area (Å²) in [4.78, 5) is 8.48. The van der Waals surface area contributed by atoms with Gasteiger partial charge in [-0.15, -0.1) is 12.4 Å². The number of hydrogen-bond donors (Lipinski definition) is 1. The van der Waals surface area contributed by atoms with Crippen LogP contribution in [0.5, 0.6) is 5.75 Å². The highest BCUT2D eigenvalue weighted by Crippen LogP contribution is 2.23. The van der Waals surface area contributed by atoms with Crippen molar-refractivity contribution in [2.24, 2.45) is 0 Å². The zero-order chi connectivity index (χ0) is 20.1. The molecule has 4 rings (SSSR count). The summed E-state index contributed by atoms with van der Waals surface area (Å²) in [6.07, 6.45) is 5.04. The minimum atomic E-state index is -0.602. The predicted octanol–water partition coefficient (Wildman–Crippen LogP) is 5.17. The Morgan fingerprint density at radius 1 is 0.967 bits per heavy atom. The van der Waals surface area contributed by atoms with Crippen molar-refractivity contribution in [3.05, 3.63) is 90.4 Å². The Balaban J connectivity index is 0.00000256. The van der Waals surface area contributed by atoms with E-state index in [1.165, 1.54) is 12.1 Å². The van der Waals surface area contributed by atoms with Gasteiger partial charge in [-0.25, -0.2) is 8.78 Å². The van der Waals surface area contributed by atoms with Crippen molar-refractivity contribution in [2.45, 2.75) is 6.54 Å². The molecule has 30 heavy (non-hydrogen) atoms. The first kappa shape index (κ1) is 21.6. The lowest BCUT2D eigenvalue weighted by atomic mass is 10.1. The van der Waals surface area contributed by atoms with Gasteiger partial charge in [-0.2, -0.15) is 0 Å². The SMILES string of the molecule is Cl.Fc1ccc(-c2cncc(CNCCOc3ccc4cccnc4c3)c2)c(F)c1. The maximum atomic E-state index is 14.0. The van der Waals surface area contributed by atoms with Crippen molar-refractivity contribution in [1.82, 2.24) is 15.3 Å². The minimum Gasteiger partial charge on any atom is -0.492 e. The first-order valence-electron chi connectivity index (χ1n) is 9.27. The molecule has 0 amide bonds. The lowest BCUT2D eigenvalue weighted by Gasteiger charge is -2.09. The van der Waals surface area contributed by atoms with E-state index in [9.17, 15) is 8.78 Å². The van der Waals surface area contributed by atoms with Gasteiger partial charge in [0.2, 0.25) is 0 Å². The molecule has 0 radical (unpaired) electrons. The molecule has 0 aliphatic heterocycles. The van der Waals surface area contributed by atoms with E-state index in [2.05, 4.69) is 15.3 Å². The molecule has 0 saturated carbocycles. The third kappa shape index (κ3) is 5.28. The van der Waals surface area contributed by atoms with Gasteiger partial charge in [-0.1, -0.05) is 6.07 Å². The summed E-state index contributed by atoms with van der Waals surface area (Å²) in [6.45, 7) is 1.69. The van der Waals surface area contributed by atoms with Crippen molar-refractivity contribution in [1.29, 1.82) is 0 Å². The molecule has 4 aromatic rings. The van der Waals surface area contributed by atoms with Crippen LogP contribution in [0.3, 0.4) is 0 Å². The first-order valence-corrected chi connectivity index (χ1v) is 9.27. The highest BCUT2D eigenvalue weighted by molar-refractivity contribution is 5.85. The van der Waals surface area contributed by atoms with Gasteiger partial charge in [0.15, 0.2) is 0 Å². The van der Waals surface area contributed by atoms with Gasteiger partial charge in [-0.05, 0) is 42.0 Å². The first-order chi connectivity index (χ1) is 14.2. The molecule has 0 aliphatic carbocycles. The van der Waals surface area contributed by atoms with Crippen molar-refractivity contribution >= 4 is 23.3 Å². The van der Waals surface area contributed by atoms with E-state index >= 15 is 0 Å². The van der Waals surface area contributed by atoms with Crippen LogP contribution in [-0.2, 0) is 6.54 Å². The highest BCUT2D eigenvalue weighted by Gasteiger charge is 2.07. The molecule has 7 heteroatoms. The molecule has 0 spiro atoms. The second-order valence-electron chi connectivity index (χ2n) is 6.59. The van der Waals surface area contributed by atoms with E-state index in [4.69, 9.17) is 4.74 Å². The largest absolute Gasteiger partial charge is 0.492 e. The van der Waals surface area contributed by atoms with E-state index in [1.807, 2.05) is 36.4 Å². The van der Waals surface area contributed by atoms with Crippen molar-refractivity contribution in [2.75, 3.05) is 13.2 Å². The number of aromatic nitrogens is 2. The average Bonchev–Trinajstić information content (AvgIpc) is 2.73. The number of nitrogens with zero attached hydrogens (tertiary/aromatic N) is 2. The predicted molar refractivity (Wildman–Crippen MR) is 116 cm³/mol. The van der Waals surface area contributed by atoms with Gasteiger partial charge in [-0.3, -0.25) is 9.97 Å². The zero-order valence-electron chi connectivity index (χ0n) is 16.0. The molecule has 0 unspecified atom stereocenters. The number of hydrogen-bond acceptors (Lipinski definition) is 4. The molecule has 0 bridgehead atoms. The van der Waals surface area contributed by atoms with Crippen LogP contribution in [0.4, 0.5) is 8.78 Å². The Hall–Kier alpha value is -3.09. The van der Waals surface area contributed by atoms with E-state index in [1.54, 1.807) is 18.6 Å². The summed E-state index contributed by atoms with van der Waals surface area (Å²) in [7, 11) is 0. The third-order valence-electron chi connectivity index (χ3n) is 4.49. The summed E-state index contributed by atoms with van der Waals surface area (Å²) >= 11 is 0. The third-order valence-corrected chi connectivity index (χ3v) is 4.49. The summed E-state index contributed by atoms with van der Waals surface area (Å²) in [5.41, 5.74) is 2.74. The summed E-state index contributed by atoms with van der Waals surface area (Å²) in [5, 5.41) is 4.35. The van der Waals surface area contributed by atoms with Crippen LogP contribution in [0.1, 0.15) is 5.56 Å². The molecular weight excluding hydrogens is 408 g/mol. The number of nitrogens with one attached hydrogen (secondary N) is 1. The molecule has 0 fully saturated rings. The Bertz CT molecular complexity index is 1140. The molecular formula is C23H20ClF2N3O. The van der Waals surface area contributed by atoms with E-state index in [0.29, 0.717) is 30.8 Å². The van der Waals surface area contributed by atoms with Gasteiger partial charge in [0, 0.05) is 60.3 Å². The lowest BCUT2D eigenvalue weighted by Crippen LogP contribution is -2.20. The summed E-state index contributed by atoms with van der Waals surface area (Å²) < 4.78 is 32.8. The van der Waals surface area contributed by atoms with Crippen LogP contribution in [0.2, 0.25) is 0 Å². The average molecular weight is 428 g/mol. The van der Waals surface area contributed by atoms with Gasteiger partial charge in [0.25, 0.3) is 0 Å². The lowest BCUT2D eigenvalue weighted by molar-refractivity contribution is 0.314. The second kappa shape index (κ2) is 10.1. The van der Waals surface area contributed by atoms with Gasteiger partial charge in [0.1, 0.15) is 24.0 Å². The number of fused-ring (bicyclic) bond motifs is 1. The number of pyridine rings is 2. The molecule has 1 N–H and O–H groups in total. The van der Waals surface area contributed by atoms with Crippen molar-refractivity contribution in [3.8, 4) is 16.9 Å². The Morgan fingerprint density at radius 2 is 1.87 bits per heavy atom. The molecule has 2 aromatic carbocycles. The monoisotopic (exact) mass is 427 g/mol. The van der Waals surface area contributed by atoms with Crippen molar-refractivity contribution < 1.29 is 13.5 Å². The molecule has 0 aliphatic rings. The fourth-order valence-corrected chi connectivity index (χ4v) is 3.06. The number of ether oxygens (including phenoxy) is 1. The molecule has 2 heterocycles. The van der Waals surface area contributed by atoms with Crippen LogP contribution in [0.25, 0.3) is 22.0 Å². The standard InChI is InChI=1S/C23H19F2N3O.ClH/c24-19-4-6-21(22(25)11-19)18-10-16(14-27-15-18)13-26-8-9-29-20-5-3-17-2-1-7-28-23(17)12-20;/h1-7,10-12,14-15,26H,8-9,13H2;1H. The number of rotatable bonds is 7. The van der Waals surface area contributed by atoms with Crippen LogP contribution >= 0.6 is 12.4 Å². The number of benzene rings is 2. The van der Waals surface area contributed by atoms with Gasteiger partial charge >= 0.3 is 0 Å².